The molecular formula is C10H15BrN2O. The number of anilines is 1. The first-order valence-electron chi connectivity index (χ1n) is 4.64. The van der Waals surface area contributed by atoms with E-state index in [1.807, 2.05) is 18.2 Å². The Morgan fingerprint density at radius 3 is 2.86 bits per heavy atom. The number of pyridine rings is 1. The molecule has 1 rings (SSSR count). The molecule has 4 heteroatoms. The fourth-order valence-corrected chi connectivity index (χ4v) is 1.54. The smallest absolute Gasteiger partial charge is 0.129 e. The Morgan fingerprint density at radius 2 is 2.29 bits per heavy atom. The van der Waals surface area contributed by atoms with Crippen LogP contribution in [0.25, 0.3) is 0 Å². The Kier molecular flexibility index (Phi) is 4.90. The molecule has 1 aromatic heterocycles. The molecule has 14 heavy (non-hydrogen) atoms. The third kappa shape index (κ3) is 3.27. The number of ether oxygens (including phenoxy) is 1. The van der Waals surface area contributed by atoms with Crippen molar-refractivity contribution in [1.29, 1.82) is 0 Å². The van der Waals surface area contributed by atoms with E-state index in [0.29, 0.717) is 0 Å². The molecule has 1 heterocycles. The van der Waals surface area contributed by atoms with Gasteiger partial charge in [0, 0.05) is 20.2 Å². The van der Waals surface area contributed by atoms with Crippen molar-refractivity contribution >= 4 is 21.7 Å². The van der Waals surface area contributed by atoms with Crippen LogP contribution in [0.1, 0.15) is 6.92 Å². The fraction of sp³-hybridized carbons (Fsp3) is 0.500. The summed E-state index contributed by atoms with van der Waals surface area (Å²) >= 11 is 3.36. The van der Waals surface area contributed by atoms with Gasteiger partial charge in [0.2, 0.25) is 0 Å². The lowest BCUT2D eigenvalue weighted by atomic mass is 10.4. The van der Waals surface area contributed by atoms with Crippen molar-refractivity contribution in [3.8, 4) is 0 Å². The van der Waals surface area contributed by atoms with E-state index in [4.69, 9.17) is 4.74 Å². The van der Waals surface area contributed by atoms with Crippen molar-refractivity contribution in [2.75, 3.05) is 31.7 Å². The van der Waals surface area contributed by atoms with E-state index in [0.717, 1.165) is 30.1 Å². The van der Waals surface area contributed by atoms with Gasteiger partial charge in [-0.15, -0.1) is 0 Å². The highest BCUT2D eigenvalue weighted by atomic mass is 79.9. The highest BCUT2D eigenvalue weighted by molar-refractivity contribution is 9.10. The molecule has 0 unspecified atom stereocenters. The Morgan fingerprint density at radius 1 is 1.50 bits per heavy atom. The van der Waals surface area contributed by atoms with E-state index in [1.165, 1.54) is 0 Å². The van der Waals surface area contributed by atoms with E-state index in [9.17, 15) is 0 Å². The predicted octanol–water partition coefficient (Wildman–Crippen LogP) is 2.32. The Hall–Kier alpha value is -0.610. The molecule has 0 fully saturated rings. The Bertz CT molecular complexity index is 281. The van der Waals surface area contributed by atoms with Gasteiger partial charge >= 0.3 is 0 Å². The van der Waals surface area contributed by atoms with E-state index >= 15 is 0 Å². The predicted molar refractivity (Wildman–Crippen MR) is 61.7 cm³/mol. The molecule has 0 saturated carbocycles. The normalized spacial score (nSPS) is 10.2. The van der Waals surface area contributed by atoms with Crippen molar-refractivity contribution in [1.82, 2.24) is 4.98 Å². The minimum absolute atomic E-state index is 0.724. The molecule has 1 aromatic rings. The molecular weight excluding hydrogens is 244 g/mol. The average molecular weight is 259 g/mol. The zero-order valence-corrected chi connectivity index (χ0v) is 10.1. The number of hydrogen-bond acceptors (Lipinski definition) is 3. The third-order valence-electron chi connectivity index (χ3n) is 1.97. The van der Waals surface area contributed by atoms with Gasteiger partial charge in [-0.3, -0.25) is 0 Å². The van der Waals surface area contributed by atoms with E-state index in [1.54, 1.807) is 7.11 Å². The zero-order chi connectivity index (χ0) is 10.4. The van der Waals surface area contributed by atoms with Crippen molar-refractivity contribution in [3.63, 3.8) is 0 Å². The third-order valence-corrected chi connectivity index (χ3v) is 2.41. The number of aromatic nitrogens is 1. The first kappa shape index (κ1) is 11.5. The monoisotopic (exact) mass is 258 g/mol. The first-order valence-corrected chi connectivity index (χ1v) is 5.43. The van der Waals surface area contributed by atoms with Crippen molar-refractivity contribution in [3.05, 3.63) is 22.8 Å². The summed E-state index contributed by atoms with van der Waals surface area (Å²) in [5.74, 6) is 0.985. The van der Waals surface area contributed by atoms with Crippen LogP contribution >= 0.6 is 15.9 Å². The maximum atomic E-state index is 5.04. The minimum Gasteiger partial charge on any atom is -0.383 e. The lowest BCUT2D eigenvalue weighted by Gasteiger charge is -2.21. The average Bonchev–Trinajstić information content (AvgIpc) is 2.19. The van der Waals surface area contributed by atoms with Gasteiger partial charge in [0.25, 0.3) is 0 Å². The Balaban J connectivity index is 2.68. The van der Waals surface area contributed by atoms with E-state index in [2.05, 4.69) is 32.7 Å². The van der Waals surface area contributed by atoms with Gasteiger partial charge in [-0.2, -0.15) is 0 Å². The number of halogens is 1. The van der Waals surface area contributed by atoms with Gasteiger partial charge in [0.1, 0.15) is 10.4 Å². The maximum Gasteiger partial charge on any atom is 0.129 e. The summed E-state index contributed by atoms with van der Waals surface area (Å²) in [6.45, 7) is 4.64. The molecule has 0 aromatic carbocycles. The van der Waals surface area contributed by atoms with Gasteiger partial charge in [0.05, 0.1) is 6.61 Å². The van der Waals surface area contributed by atoms with Crippen LogP contribution < -0.4 is 4.90 Å². The lowest BCUT2D eigenvalue weighted by Crippen LogP contribution is -2.27. The summed E-state index contributed by atoms with van der Waals surface area (Å²) in [6.07, 6.45) is 0. The van der Waals surface area contributed by atoms with Gasteiger partial charge in [-0.25, -0.2) is 4.98 Å². The van der Waals surface area contributed by atoms with Gasteiger partial charge < -0.3 is 9.64 Å². The summed E-state index contributed by atoms with van der Waals surface area (Å²) in [7, 11) is 1.71. The number of methoxy groups -OCH3 is 1. The highest BCUT2D eigenvalue weighted by Gasteiger charge is 2.04. The molecule has 0 amide bonds. The second-order valence-corrected chi connectivity index (χ2v) is 3.70. The molecule has 0 N–H and O–H groups in total. The summed E-state index contributed by atoms with van der Waals surface area (Å²) < 4.78 is 5.91. The van der Waals surface area contributed by atoms with Crippen LogP contribution in [0.3, 0.4) is 0 Å². The van der Waals surface area contributed by atoms with Gasteiger partial charge in [-0.05, 0) is 35.0 Å². The van der Waals surface area contributed by atoms with Crippen LogP contribution in [-0.2, 0) is 4.74 Å². The molecule has 0 bridgehead atoms. The summed E-state index contributed by atoms with van der Waals surface area (Å²) in [5.41, 5.74) is 0. The molecule has 0 spiro atoms. The highest BCUT2D eigenvalue weighted by Crippen LogP contribution is 2.14. The maximum absolute atomic E-state index is 5.04. The topological polar surface area (TPSA) is 25.4 Å². The van der Waals surface area contributed by atoms with Gasteiger partial charge in [0.15, 0.2) is 0 Å². The molecule has 0 atom stereocenters. The zero-order valence-electron chi connectivity index (χ0n) is 8.53. The number of nitrogens with zero attached hydrogens (tertiary/aromatic N) is 2. The minimum atomic E-state index is 0.724. The molecule has 3 nitrogen and oxygen atoms in total. The van der Waals surface area contributed by atoms with Crippen LogP contribution in [-0.4, -0.2) is 31.8 Å². The van der Waals surface area contributed by atoms with E-state index in [-0.39, 0.29) is 0 Å². The second kappa shape index (κ2) is 5.98. The first-order chi connectivity index (χ1) is 6.77. The SMILES string of the molecule is CCN(CCOC)c1cccc(Br)n1. The summed E-state index contributed by atoms with van der Waals surface area (Å²) in [4.78, 5) is 6.56. The van der Waals surface area contributed by atoms with E-state index < -0.39 is 0 Å². The van der Waals surface area contributed by atoms with Crippen molar-refractivity contribution in [2.45, 2.75) is 6.92 Å². The molecule has 78 valence electrons. The molecule has 0 aliphatic heterocycles. The summed E-state index contributed by atoms with van der Waals surface area (Å²) in [5, 5.41) is 0. The van der Waals surface area contributed by atoms with Crippen molar-refractivity contribution in [2.24, 2.45) is 0 Å². The molecule has 0 radical (unpaired) electrons. The number of rotatable bonds is 5. The quantitative estimate of drug-likeness (QED) is 0.759. The lowest BCUT2D eigenvalue weighted by molar-refractivity contribution is 0.205. The number of likely N-dealkylation sites (N-methyl/N-ethyl adjacent to an activating group) is 1. The van der Waals surface area contributed by atoms with Gasteiger partial charge in [-0.1, -0.05) is 6.07 Å². The van der Waals surface area contributed by atoms with Crippen LogP contribution in [0, 0.1) is 0 Å². The second-order valence-electron chi connectivity index (χ2n) is 2.89. The number of hydrogen-bond donors (Lipinski definition) is 0. The molecule has 0 aliphatic rings. The van der Waals surface area contributed by atoms with Crippen LogP contribution in [0.5, 0.6) is 0 Å². The molecule has 0 aliphatic carbocycles. The molecule has 0 saturated heterocycles. The van der Waals surface area contributed by atoms with Crippen molar-refractivity contribution < 1.29 is 4.74 Å². The van der Waals surface area contributed by atoms with Crippen LogP contribution in [0.4, 0.5) is 5.82 Å². The largest absolute Gasteiger partial charge is 0.383 e. The van der Waals surface area contributed by atoms with Crippen LogP contribution in [0.2, 0.25) is 0 Å². The Labute approximate surface area is 93.2 Å². The fourth-order valence-electron chi connectivity index (χ4n) is 1.21. The van der Waals surface area contributed by atoms with Crippen LogP contribution in [0.15, 0.2) is 22.8 Å². The summed E-state index contributed by atoms with van der Waals surface area (Å²) in [6, 6.07) is 5.92. The standard InChI is InChI=1S/C10H15BrN2O/c1-3-13(7-8-14-2)10-6-4-5-9(11)12-10/h4-6H,3,7-8H2,1-2H3.